The molecule has 0 saturated carbocycles. The number of amides is 2. The molecule has 0 aliphatic heterocycles. The average Bonchev–Trinajstić information content (AvgIpc) is 2.85. The topological polar surface area (TPSA) is 104 Å². The molecule has 1 heterocycles. The standard InChI is InChI=1S/C18H15N3O4/c1-11(22)19-20-16(23)13-7-8-14-15(9-13)18(25)21(17(14)24)10-12-5-3-2-4-6-12/h2-9,24-25H,10H2,1H3. The molecule has 0 aliphatic rings. The van der Waals surface area contributed by atoms with E-state index in [1.807, 2.05) is 30.3 Å². The van der Waals surface area contributed by atoms with Crippen molar-refractivity contribution in [3.05, 3.63) is 59.7 Å². The van der Waals surface area contributed by atoms with Gasteiger partial charge in [-0.15, -0.1) is 10.2 Å². The molecule has 2 amide bonds. The van der Waals surface area contributed by atoms with Crippen molar-refractivity contribution in [1.29, 1.82) is 0 Å². The molecular formula is C18H15N3O4. The van der Waals surface area contributed by atoms with E-state index in [1.165, 1.54) is 29.7 Å². The average molecular weight is 337 g/mol. The molecule has 2 aromatic carbocycles. The minimum atomic E-state index is -0.702. The van der Waals surface area contributed by atoms with E-state index in [1.54, 1.807) is 0 Å². The molecule has 7 heteroatoms. The Hall–Kier alpha value is -3.48. The first-order valence-corrected chi connectivity index (χ1v) is 7.52. The Morgan fingerprint density at radius 1 is 0.960 bits per heavy atom. The van der Waals surface area contributed by atoms with Gasteiger partial charge in [0.15, 0.2) is 0 Å². The normalized spacial score (nSPS) is 11.2. The highest BCUT2D eigenvalue weighted by Crippen LogP contribution is 2.37. The molecule has 0 atom stereocenters. The van der Waals surface area contributed by atoms with Gasteiger partial charge in [0.05, 0.1) is 6.54 Å². The molecule has 1 aromatic heterocycles. The number of hydrogen-bond donors (Lipinski definition) is 2. The number of fused-ring (bicyclic) bond motifs is 1. The lowest BCUT2D eigenvalue weighted by Gasteiger charge is -2.06. The molecule has 0 saturated heterocycles. The van der Waals surface area contributed by atoms with E-state index in [9.17, 15) is 19.8 Å². The van der Waals surface area contributed by atoms with Gasteiger partial charge in [-0.3, -0.25) is 14.2 Å². The van der Waals surface area contributed by atoms with E-state index in [2.05, 4.69) is 10.2 Å². The number of hydrogen-bond acceptors (Lipinski definition) is 4. The van der Waals surface area contributed by atoms with E-state index in [0.717, 1.165) is 5.56 Å². The Bertz CT molecular complexity index is 990. The van der Waals surface area contributed by atoms with Crippen LogP contribution >= 0.6 is 0 Å². The Balaban J connectivity index is 2.02. The number of aromatic hydroxyl groups is 2. The highest BCUT2D eigenvalue weighted by molar-refractivity contribution is 6.02. The van der Waals surface area contributed by atoms with Crippen molar-refractivity contribution in [3.63, 3.8) is 0 Å². The lowest BCUT2D eigenvalue weighted by atomic mass is 10.1. The summed E-state index contributed by atoms with van der Waals surface area (Å²) < 4.78 is 1.35. The molecule has 0 radical (unpaired) electrons. The summed E-state index contributed by atoms with van der Waals surface area (Å²) >= 11 is 0. The molecule has 3 rings (SSSR count). The van der Waals surface area contributed by atoms with Gasteiger partial charge in [0.1, 0.15) is 0 Å². The maximum Gasteiger partial charge on any atom is 0.295 e. The van der Waals surface area contributed by atoms with Crippen molar-refractivity contribution >= 4 is 22.6 Å². The van der Waals surface area contributed by atoms with Gasteiger partial charge in [0.25, 0.3) is 11.8 Å². The molecule has 0 fully saturated rings. The van der Waals surface area contributed by atoms with Crippen LogP contribution in [0.4, 0.5) is 0 Å². The second kappa shape index (κ2) is 6.56. The van der Waals surface area contributed by atoms with Crippen LogP contribution in [0.2, 0.25) is 0 Å². The van der Waals surface area contributed by atoms with Crippen molar-refractivity contribution in [3.8, 4) is 11.8 Å². The molecule has 0 aliphatic carbocycles. The third-order valence-electron chi connectivity index (χ3n) is 3.72. The largest absolute Gasteiger partial charge is 0.494 e. The SMILES string of the molecule is CC(=O)N=NC(=O)c1ccc2c(O)n(Cc3ccccc3)c(O)c2c1. The number of carbonyl (C=O) groups excluding carboxylic acids is 2. The summed E-state index contributed by atoms with van der Waals surface area (Å²) in [5.41, 5.74) is 1.06. The Morgan fingerprint density at radius 2 is 1.64 bits per heavy atom. The second-order valence-corrected chi connectivity index (χ2v) is 5.50. The van der Waals surface area contributed by atoms with E-state index < -0.39 is 11.8 Å². The lowest BCUT2D eigenvalue weighted by molar-refractivity contribution is -0.116. The van der Waals surface area contributed by atoms with Crippen LogP contribution in [-0.2, 0) is 11.3 Å². The highest BCUT2D eigenvalue weighted by Gasteiger charge is 2.18. The number of rotatable bonds is 3. The van der Waals surface area contributed by atoms with E-state index in [0.29, 0.717) is 10.8 Å². The summed E-state index contributed by atoms with van der Waals surface area (Å²) in [5, 5.41) is 28.1. The monoisotopic (exact) mass is 337 g/mol. The van der Waals surface area contributed by atoms with Crippen molar-refractivity contribution in [2.24, 2.45) is 10.2 Å². The summed E-state index contributed by atoms with van der Waals surface area (Å²) in [6.07, 6.45) is 0. The number of azo groups is 1. The van der Waals surface area contributed by atoms with Crippen LogP contribution in [0.3, 0.4) is 0 Å². The van der Waals surface area contributed by atoms with Crippen LogP contribution in [0, 0.1) is 0 Å². The minimum Gasteiger partial charge on any atom is -0.494 e. The maximum atomic E-state index is 11.9. The summed E-state index contributed by atoms with van der Waals surface area (Å²) in [7, 11) is 0. The van der Waals surface area contributed by atoms with Gasteiger partial charge in [0.2, 0.25) is 11.8 Å². The predicted molar refractivity (Wildman–Crippen MR) is 90.7 cm³/mol. The fraction of sp³-hybridized carbons (Fsp3) is 0.111. The number of nitrogens with zero attached hydrogens (tertiary/aromatic N) is 3. The highest BCUT2D eigenvalue weighted by atomic mass is 16.3. The fourth-order valence-electron chi connectivity index (χ4n) is 2.54. The van der Waals surface area contributed by atoms with Crippen LogP contribution < -0.4 is 0 Å². The Kier molecular flexibility index (Phi) is 4.30. The van der Waals surface area contributed by atoms with E-state index >= 15 is 0 Å². The predicted octanol–water partition coefficient (Wildman–Crippen LogP) is 3.24. The van der Waals surface area contributed by atoms with Gasteiger partial charge in [-0.05, 0) is 23.8 Å². The second-order valence-electron chi connectivity index (χ2n) is 5.50. The van der Waals surface area contributed by atoms with Crippen molar-refractivity contribution in [2.75, 3.05) is 0 Å². The van der Waals surface area contributed by atoms with E-state index in [4.69, 9.17) is 0 Å². The molecular weight excluding hydrogens is 322 g/mol. The van der Waals surface area contributed by atoms with Crippen LogP contribution in [0.5, 0.6) is 11.8 Å². The quantitative estimate of drug-likeness (QED) is 0.716. The van der Waals surface area contributed by atoms with E-state index in [-0.39, 0.29) is 23.9 Å². The fourth-order valence-corrected chi connectivity index (χ4v) is 2.54. The Labute approximate surface area is 142 Å². The Morgan fingerprint density at radius 3 is 2.32 bits per heavy atom. The molecule has 7 nitrogen and oxygen atoms in total. The summed E-state index contributed by atoms with van der Waals surface area (Å²) in [5.74, 6) is -1.54. The molecule has 0 bridgehead atoms. The third kappa shape index (κ3) is 3.25. The zero-order valence-corrected chi connectivity index (χ0v) is 13.4. The molecule has 0 unspecified atom stereocenters. The molecule has 126 valence electrons. The van der Waals surface area contributed by atoms with Crippen molar-refractivity contribution < 1.29 is 19.8 Å². The summed E-state index contributed by atoms with van der Waals surface area (Å²) in [6.45, 7) is 1.47. The van der Waals surface area contributed by atoms with Crippen LogP contribution in [0.15, 0.2) is 58.8 Å². The number of aromatic nitrogens is 1. The van der Waals surface area contributed by atoms with Gasteiger partial charge in [-0.1, -0.05) is 30.3 Å². The third-order valence-corrected chi connectivity index (χ3v) is 3.72. The smallest absolute Gasteiger partial charge is 0.295 e. The first-order valence-electron chi connectivity index (χ1n) is 7.52. The summed E-state index contributed by atoms with van der Waals surface area (Å²) in [4.78, 5) is 22.7. The zero-order valence-electron chi connectivity index (χ0n) is 13.4. The van der Waals surface area contributed by atoms with Crippen molar-refractivity contribution in [1.82, 2.24) is 4.57 Å². The number of benzene rings is 2. The molecule has 0 spiro atoms. The van der Waals surface area contributed by atoms with Gasteiger partial charge in [-0.25, -0.2) is 0 Å². The number of carbonyl (C=O) groups is 2. The lowest BCUT2D eigenvalue weighted by Crippen LogP contribution is -1.97. The van der Waals surface area contributed by atoms with Crippen LogP contribution in [0.25, 0.3) is 10.8 Å². The maximum absolute atomic E-state index is 11.9. The first-order chi connectivity index (χ1) is 12.0. The molecule has 25 heavy (non-hydrogen) atoms. The molecule has 2 N–H and O–H groups in total. The van der Waals surface area contributed by atoms with Crippen LogP contribution in [0.1, 0.15) is 22.8 Å². The van der Waals surface area contributed by atoms with Gasteiger partial charge >= 0.3 is 0 Å². The first kappa shape index (κ1) is 16.4. The van der Waals surface area contributed by atoms with Crippen molar-refractivity contribution in [2.45, 2.75) is 13.5 Å². The van der Waals surface area contributed by atoms with Crippen LogP contribution in [-0.4, -0.2) is 26.6 Å². The van der Waals surface area contributed by atoms with Gasteiger partial charge < -0.3 is 10.2 Å². The van der Waals surface area contributed by atoms with Gasteiger partial charge in [0, 0.05) is 23.3 Å². The zero-order chi connectivity index (χ0) is 18.0. The summed E-state index contributed by atoms with van der Waals surface area (Å²) in [6, 6.07) is 13.7. The minimum absolute atomic E-state index is 0.0966. The molecule has 3 aromatic rings. The van der Waals surface area contributed by atoms with Gasteiger partial charge in [-0.2, -0.15) is 0 Å².